The van der Waals surface area contributed by atoms with Crippen LogP contribution in [0.4, 0.5) is 0 Å². The van der Waals surface area contributed by atoms with Crippen LogP contribution in [0.15, 0.2) is 17.5 Å². The molecule has 0 aromatic carbocycles. The van der Waals surface area contributed by atoms with Gasteiger partial charge < -0.3 is 10.0 Å². The van der Waals surface area contributed by atoms with Gasteiger partial charge in [-0.1, -0.05) is 19.3 Å². The van der Waals surface area contributed by atoms with Crippen LogP contribution in [0.25, 0.3) is 6.08 Å². The minimum absolute atomic E-state index is 0.00283. The Labute approximate surface area is 122 Å². The molecule has 0 atom stereocenters. The quantitative estimate of drug-likeness (QED) is 0.867. The average Bonchev–Trinajstić information content (AvgIpc) is 2.93. The highest BCUT2D eigenvalue weighted by Crippen LogP contribution is 2.26. The molecule has 1 saturated carbocycles. The van der Waals surface area contributed by atoms with Gasteiger partial charge in [0.05, 0.1) is 4.88 Å². The van der Waals surface area contributed by atoms with Crippen LogP contribution in [-0.4, -0.2) is 35.0 Å². The first-order valence-corrected chi connectivity index (χ1v) is 7.73. The fraction of sp³-hybridized carbons (Fsp3) is 0.467. The normalized spacial score (nSPS) is 16.4. The third-order valence-corrected chi connectivity index (χ3v) is 4.66. The zero-order valence-corrected chi connectivity index (χ0v) is 12.4. The van der Waals surface area contributed by atoms with Crippen molar-refractivity contribution in [3.8, 4) is 0 Å². The summed E-state index contributed by atoms with van der Waals surface area (Å²) in [6.07, 6.45) is 8.29. The number of hydrogen-bond donors (Lipinski definition) is 1. The lowest BCUT2D eigenvalue weighted by molar-refractivity contribution is -0.131. The highest BCUT2D eigenvalue weighted by molar-refractivity contribution is 7.12. The van der Waals surface area contributed by atoms with Gasteiger partial charge in [-0.15, -0.1) is 11.3 Å². The van der Waals surface area contributed by atoms with Crippen LogP contribution in [0.2, 0.25) is 0 Å². The molecule has 0 spiro atoms. The highest BCUT2D eigenvalue weighted by Gasteiger charge is 2.24. The van der Waals surface area contributed by atoms with Crippen molar-refractivity contribution in [2.75, 3.05) is 7.05 Å². The van der Waals surface area contributed by atoms with Crippen molar-refractivity contribution >= 4 is 29.3 Å². The molecule has 0 aliphatic heterocycles. The Hall–Kier alpha value is -1.62. The van der Waals surface area contributed by atoms with Gasteiger partial charge in [0, 0.05) is 19.2 Å². The summed E-state index contributed by atoms with van der Waals surface area (Å²) in [6.45, 7) is 0. The van der Waals surface area contributed by atoms with E-state index in [-0.39, 0.29) is 5.91 Å². The van der Waals surface area contributed by atoms with E-state index in [9.17, 15) is 9.59 Å². The zero-order chi connectivity index (χ0) is 14.5. The molecule has 1 amide bonds. The SMILES string of the molecule is CN(C(=O)c1sccc1C=CC(=O)O)C1CCCCC1. The first-order valence-electron chi connectivity index (χ1n) is 6.85. The molecule has 1 N–H and O–H groups in total. The highest BCUT2D eigenvalue weighted by atomic mass is 32.1. The molecule has 4 nitrogen and oxygen atoms in total. The Morgan fingerprint density at radius 2 is 2.05 bits per heavy atom. The van der Waals surface area contributed by atoms with Gasteiger partial charge in [0.1, 0.15) is 0 Å². The van der Waals surface area contributed by atoms with E-state index in [1.807, 2.05) is 17.3 Å². The van der Waals surface area contributed by atoms with E-state index in [1.165, 1.54) is 36.7 Å². The second-order valence-electron chi connectivity index (χ2n) is 5.08. The van der Waals surface area contributed by atoms with Crippen molar-refractivity contribution in [1.82, 2.24) is 4.90 Å². The van der Waals surface area contributed by atoms with Crippen LogP contribution in [0.3, 0.4) is 0 Å². The van der Waals surface area contributed by atoms with E-state index in [4.69, 9.17) is 5.11 Å². The van der Waals surface area contributed by atoms with Gasteiger partial charge in [0.15, 0.2) is 0 Å². The number of amides is 1. The van der Waals surface area contributed by atoms with Crippen LogP contribution in [0, 0.1) is 0 Å². The number of carbonyl (C=O) groups excluding carboxylic acids is 1. The van der Waals surface area contributed by atoms with Crippen LogP contribution >= 0.6 is 11.3 Å². The number of carbonyl (C=O) groups is 2. The maximum Gasteiger partial charge on any atom is 0.328 e. The van der Waals surface area contributed by atoms with E-state index in [2.05, 4.69) is 0 Å². The summed E-state index contributed by atoms with van der Waals surface area (Å²) in [5.41, 5.74) is 0.685. The predicted octanol–water partition coefficient (Wildman–Crippen LogP) is 3.25. The van der Waals surface area contributed by atoms with E-state index in [0.717, 1.165) is 18.9 Å². The first kappa shape index (κ1) is 14.8. The molecule has 0 saturated heterocycles. The molecule has 1 heterocycles. The number of hydrogen-bond acceptors (Lipinski definition) is 3. The van der Waals surface area contributed by atoms with E-state index in [0.29, 0.717) is 16.5 Å². The number of aliphatic carboxylic acids is 1. The van der Waals surface area contributed by atoms with Gasteiger partial charge in [-0.3, -0.25) is 4.79 Å². The lowest BCUT2D eigenvalue weighted by Crippen LogP contribution is -2.38. The molecule has 2 rings (SSSR count). The monoisotopic (exact) mass is 293 g/mol. The molecule has 1 aromatic rings. The van der Waals surface area contributed by atoms with Gasteiger partial charge in [-0.2, -0.15) is 0 Å². The van der Waals surface area contributed by atoms with Crippen LogP contribution in [0.5, 0.6) is 0 Å². The first-order chi connectivity index (χ1) is 9.59. The molecule has 108 valence electrons. The molecule has 1 fully saturated rings. The van der Waals surface area contributed by atoms with Gasteiger partial charge in [0.2, 0.25) is 0 Å². The van der Waals surface area contributed by atoms with Crippen LogP contribution < -0.4 is 0 Å². The summed E-state index contributed by atoms with van der Waals surface area (Å²) in [4.78, 5) is 25.5. The van der Waals surface area contributed by atoms with Crippen molar-refractivity contribution in [2.45, 2.75) is 38.1 Å². The molecule has 0 unspecified atom stereocenters. The summed E-state index contributed by atoms with van der Waals surface area (Å²) in [5, 5.41) is 10.5. The van der Waals surface area contributed by atoms with Crippen molar-refractivity contribution < 1.29 is 14.7 Å². The van der Waals surface area contributed by atoms with Gasteiger partial charge in [0.25, 0.3) is 5.91 Å². The second-order valence-corrected chi connectivity index (χ2v) is 6.00. The molecule has 1 aliphatic rings. The number of carboxylic acid groups (broad SMARTS) is 1. The van der Waals surface area contributed by atoms with Crippen molar-refractivity contribution in [3.63, 3.8) is 0 Å². The maximum atomic E-state index is 12.5. The number of thiophene rings is 1. The standard InChI is InChI=1S/C15H19NO3S/c1-16(12-5-3-2-4-6-12)15(19)14-11(9-10-20-14)7-8-13(17)18/h7-10,12H,2-6H2,1H3,(H,17,18). The third kappa shape index (κ3) is 3.48. The Kier molecular flexibility index (Phi) is 4.95. The Morgan fingerprint density at radius 3 is 2.70 bits per heavy atom. The summed E-state index contributed by atoms with van der Waals surface area (Å²) in [7, 11) is 1.85. The molecule has 0 radical (unpaired) electrons. The van der Waals surface area contributed by atoms with Crippen LogP contribution in [-0.2, 0) is 4.79 Å². The molecule has 5 heteroatoms. The number of carboxylic acids is 1. The van der Waals surface area contributed by atoms with E-state index < -0.39 is 5.97 Å². The Bertz CT molecular complexity index is 515. The zero-order valence-electron chi connectivity index (χ0n) is 11.5. The third-order valence-electron chi connectivity index (χ3n) is 3.74. The fourth-order valence-corrected chi connectivity index (χ4v) is 3.45. The fourth-order valence-electron chi connectivity index (χ4n) is 2.58. The topological polar surface area (TPSA) is 57.6 Å². The Balaban J connectivity index is 2.12. The summed E-state index contributed by atoms with van der Waals surface area (Å²) < 4.78 is 0. The second kappa shape index (κ2) is 6.70. The lowest BCUT2D eigenvalue weighted by atomic mass is 9.94. The van der Waals surface area contributed by atoms with E-state index >= 15 is 0 Å². The summed E-state index contributed by atoms with van der Waals surface area (Å²) >= 11 is 1.37. The molecular formula is C15H19NO3S. The summed E-state index contributed by atoms with van der Waals surface area (Å²) in [6, 6.07) is 2.10. The molecule has 20 heavy (non-hydrogen) atoms. The van der Waals surface area contributed by atoms with Gasteiger partial charge in [-0.25, -0.2) is 4.79 Å². The largest absolute Gasteiger partial charge is 0.478 e. The minimum Gasteiger partial charge on any atom is -0.478 e. The Morgan fingerprint density at radius 1 is 1.35 bits per heavy atom. The van der Waals surface area contributed by atoms with Gasteiger partial charge >= 0.3 is 5.97 Å². The molecule has 0 bridgehead atoms. The average molecular weight is 293 g/mol. The van der Waals surface area contributed by atoms with Crippen LogP contribution in [0.1, 0.15) is 47.3 Å². The minimum atomic E-state index is -1.00. The molecule has 1 aromatic heterocycles. The van der Waals surface area contributed by atoms with Crippen molar-refractivity contribution in [2.24, 2.45) is 0 Å². The molecule has 1 aliphatic carbocycles. The number of rotatable bonds is 4. The molecular weight excluding hydrogens is 274 g/mol. The number of nitrogens with zero attached hydrogens (tertiary/aromatic N) is 1. The smallest absolute Gasteiger partial charge is 0.328 e. The predicted molar refractivity (Wildman–Crippen MR) is 80.0 cm³/mol. The van der Waals surface area contributed by atoms with Crippen molar-refractivity contribution in [3.05, 3.63) is 28.0 Å². The maximum absolute atomic E-state index is 12.5. The summed E-state index contributed by atoms with van der Waals surface area (Å²) in [5.74, 6) is -1.01. The van der Waals surface area contributed by atoms with Crippen molar-refractivity contribution in [1.29, 1.82) is 0 Å². The van der Waals surface area contributed by atoms with E-state index in [1.54, 1.807) is 6.07 Å². The lowest BCUT2D eigenvalue weighted by Gasteiger charge is -2.31. The van der Waals surface area contributed by atoms with Gasteiger partial charge in [-0.05, 0) is 35.9 Å².